The lowest BCUT2D eigenvalue weighted by Crippen LogP contribution is -2.02. The molecule has 1 aliphatic rings. The molecule has 1 unspecified atom stereocenters. The molecule has 0 spiro atoms. The minimum atomic E-state index is 0. The number of rotatable bonds is 3. The summed E-state index contributed by atoms with van der Waals surface area (Å²) in [5, 5.41) is 19.8. The van der Waals surface area contributed by atoms with Gasteiger partial charge in [0.15, 0.2) is 0 Å². The number of carbonyl (C=O) groups excluding carboxylic acids is 1. The van der Waals surface area contributed by atoms with Gasteiger partial charge in [0.25, 0.3) is 7.48 Å². The highest BCUT2D eigenvalue weighted by Gasteiger charge is 2.27. The van der Waals surface area contributed by atoms with Crippen LogP contribution in [-0.2, 0) is 4.79 Å². The summed E-state index contributed by atoms with van der Waals surface area (Å²) in [5.41, 5.74) is 5.30. The zero-order valence-corrected chi connectivity index (χ0v) is 11.9. The molecule has 0 bridgehead atoms. The Kier molecular flexibility index (Phi) is 6.82. The van der Waals surface area contributed by atoms with Crippen LogP contribution in [0.3, 0.4) is 0 Å². The summed E-state index contributed by atoms with van der Waals surface area (Å²) in [7, 11) is 0.250. The molecule has 0 aliphatic heterocycles. The molecular weight excluding hydrogens is 277 g/mol. The fourth-order valence-electron chi connectivity index (χ4n) is 2.66. The second-order valence-corrected chi connectivity index (χ2v) is 4.70. The van der Waals surface area contributed by atoms with Crippen molar-refractivity contribution >= 4 is 19.6 Å². The van der Waals surface area contributed by atoms with Crippen LogP contribution in [0.15, 0.2) is 42.5 Å². The Morgan fingerprint density at radius 3 is 2.45 bits per heavy atom. The maximum absolute atomic E-state index is 10.5. The molecule has 3 N–H and O–H groups in total. The standard InChI is InChI=1S/C15H13NO2.CH5BO.CH4/c17-8-15-12-4-2-1-3-11(12)13-6-5-10(16-9-18)7-14(13)15;1-2-3;/h1-7,9,15,17H,8H2,(H,16,18);2-3H,1H3;1H4. The van der Waals surface area contributed by atoms with E-state index in [0.717, 1.165) is 22.4 Å². The molecule has 5 heteroatoms. The second-order valence-electron chi connectivity index (χ2n) is 4.70. The van der Waals surface area contributed by atoms with E-state index in [1.165, 1.54) is 5.56 Å². The molecular formula is C17H22BNO3. The Hall–Kier alpha value is -2.11. The third-order valence-corrected chi connectivity index (χ3v) is 3.46. The first-order valence-corrected chi connectivity index (χ1v) is 6.91. The van der Waals surface area contributed by atoms with Gasteiger partial charge in [0.05, 0.1) is 6.61 Å². The average Bonchev–Trinajstić information content (AvgIpc) is 2.81. The zero-order valence-electron chi connectivity index (χ0n) is 11.9. The first-order valence-electron chi connectivity index (χ1n) is 6.91. The van der Waals surface area contributed by atoms with Crippen LogP contribution in [0.25, 0.3) is 11.1 Å². The minimum Gasteiger partial charge on any atom is -0.454 e. The van der Waals surface area contributed by atoms with Crippen LogP contribution in [0.5, 0.6) is 0 Å². The van der Waals surface area contributed by atoms with E-state index >= 15 is 0 Å². The van der Waals surface area contributed by atoms with Gasteiger partial charge >= 0.3 is 0 Å². The summed E-state index contributed by atoms with van der Waals surface area (Å²) in [6, 6.07) is 13.9. The molecule has 22 heavy (non-hydrogen) atoms. The zero-order chi connectivity index (χ0) is 15.2. The minimum absolute atomic E-state index is 0. The molecule has 1 aliphatic carbocycles. The first-order chi connectivity index (χ1) is 10.3. The largest absolute Gasteiger partial charge is 0.454 e. The maximum atomic E-state index is 10.5. The molecule has 0 aromatic heterocycles. The van der Waals surface area contributed by atoms with Crippen molar-refractivity contribution in [3.63, 3.8) is 0 Å². The lowest BCUT2D eigenvalue weighted by atomic mass is 9.98. The van der Waals surface area contributed by atoms with Crippen molar-refractivity contribution < 1.29 is 14.9 Å². The van der Waals surface area contributed by atoms with E-state index in [2.05, 4.69) is 11.4 Å². The average molecular weight is 299 g/mol. The number of amides is 1. The van der Waals surface area contributed by atoms with E-state index in [9.17, 15) is 9.90 Å². The third kappa shape index (κ3) is 3.38. The Bertz CT molecular complexity index is 631. The fraction of sp³-hybridized carbons (Fsp3) is 0.235. The van der Waals surface area contributed by atoms with Gasteiger partial charge < -0.3 is 15.4 Å². The van der Waals surface area contributed by atoms with Crippen molar-refractivity contribution in [2.75, 3.05) is 11.9 Å². The number of nitrogens with one attached hydrogen (secondary N) is 1. The van der Waals surface area contributed by atoms with Gasteiger partial charge in [-0.25, -0.2) is 0 Å². The summed E-state index contributed by atoms with van der Waals surface area (Å²) in [6.07, 6.45) is 0.664. The third-order valence-electron chi connectivity index (χ3n) is 3.46. The smallest absolute Gasteiger partial charge is 0.267 e. The predicted octanol–water partition coefficient (Wildman–Crippen LogP) is 2.37. The molecule has 0 heterocycles. The molecule has 1 amide bonds. The summed E-state index contributed by atoms with van der Waals surface area (Å²) >= 11 is 0. The van der Waals surface area contributed by atoms with Crippen molar-refractivity contribution in [2.45, 2.75) is 20.2 Å². The normalized spacial score (nSPS) is 13.7. The maximum Gasteiger partial charge on any atom is 0.267 e. The molecule has 0 radical (unpaired) electrons. The number of hydrogen-bond acceptors (Lipinski definition) is 3. The van der Waals surface area contributed by atoms with E-state index in [1.54, 1.807) is 6.82 Å². The van der Waals surface area contributed by atoms with Gasteiger partial charge in [0.1, 0.15) is 0 Å². The van der Waals surface area contributed by atoms with Crippen LogP contribution < -0.4 is 5.32 Å². The lowest BCUT2D eigenvalue weighted by molar-refractivity contribution is -0.105. The number of carbonyl (C=O) groups is 1. The monoisotopic (exact) mass is 299 g/mol. The number of hydrogen-bond donors (Lipinski definition) is 3. The molecule has 1 atom stereocenters. The van der Waals surface area contributed by atoms with E-state index < -0.39 is 0 Å². The van der Waals surface area contributed by atoms with E-state index in [-0.39, 0.29) is 27.4 Å². The quantitative estimate of drug-likeness (QED) is 0.602. The molecule has 0 fully saturated rings. The van der Waals surface area contributed by atoms with Crippen molar-refractivity contribution in [2.24, 2.45) is 0 Å². The first kappa shape index (κ1) is 17.9. The molecule has 116 valence electrons. The number of fused-ring (bicyclic) bond motifs is 3. The number of anilines is 1. The van der Waals surface area contributed by atoms with Crippen LogP contribution in [0.1, 0.15) is 24.5 Å². The number of aliphatic hydroxyl groups excluding tert-OH is 1. The van der Waals surface area contributed by atoms with Gasteiger partial charge in [0.2, 0.25) is 6.41 Å². The highest BCUT2D eigenvalue weighted by atomic mass is 16.3. The van der Waals surface area contributed by atoms with E-state index in [0.29, 0.717) is 6.41 Å². The summed E-state index contributed by atoms with van der Waals surface area (Å²) in [5.74, 6) is 0.00426. The Morgan fingerprint density at radius 1 is 1.18 bits per heavy atom. The van der Waals surface area contributed by atoms with Gasteiger partial charge in [-0.05, 0) is 34.4 Å². The van der Waals surface area contributed by atoms with Gasteiger partial charge in [-0.2, -0.15) is 0 Å². The molecule has 4 nitrogen and oxygen atoms in total. The summed E-state index contributed by atoms with van der Waals surface area (Å²) < 4.78 is 0. The topological polar surface area (TPSA) is 69.6 Å². The predicted molar refractivity (Wildman–Crippen MR) is 92.5 cm³/mol. The van der Waals surface area contributed by atoms with Gasteiger partial charge in [-0.3, -0.25) is 4.79 Å². The second kappa shape index (κ2) is 8.36. The molecule has 0 saturated carbocycles. The summed E-state index contributed by atoms with van der Waals surface area (Å²) in [4.78, 5) is 10.5. The summed E-state index contributed by atoms with van der Waals surface area (Å²) in [6.45, 7) is 1.76. The van der Waals surface area contributed by atoms with Crippen molar-refractivity contribution in [3.05, 3.63) is 53.6 Å². The fourth-order valence-corrected chi connectivity index (χ4v) is 2.66. The Balaban J connectivity index is 0.000000562. The van der Waals surface area contributed by atoms with Gasteiger partial charge in [-0.15, -0.1) is 0 Å². The van der Waals surface area contributed by atoms with E-state index in [1.807, 2.05) is 36.4 Å². The SMILES string of the molecule is C.CBO.O=CNc1ccc2c(c1)C(CO)c1ccccc1-2. The molecule has 0 saturated heterocycles. The van der Waals surface area contributed by atoms with Crippen LogP contribution in [0, 0.1) is 0 Å². The van der Waals surface area contributed by atoms with Gasteiger partial charge in [0, 0.05) is 11.6 Å². The Labute approximate surface area is 132 Å². The lowest BCUT2D eigenvalue weighted by Gasteiger charge is -2.10. The van der Waals surface area contributed by atoms with E-state index in [4.69, 9.17) is 5.02 Å². The Morgan fingerprint density at radius 2 is 1.82 bits per heavy atom. The molecule has 3 rings (SSSR count). The highest BCUT2D eigenvalue weighted by molar-refractivity contribution is 6.22. The van der Waals surface area contributed by atoms with Crippen LogP contribution in [-0.4, -0.2) is 30.6 Å². The van der Waals surface area contributed by atoms with Crippen molar-refractivity contribution in [3.8, 4) is 11.1 Å². The number of benzene rings is 2. The highest BCUT2D eigenvalue weighted by Crippen LogP contribution is 2.45. The molecule has 2 aromatic rings. The van der Waals surface area contributed by atoms with Crippen molar-refractivity contribution in [1.82, 2.24) is 0 Å². The molecule has 2 aromatic carbocycles. The van der Waals surface area contributed by atoms with Crippen molar-refractivity contribution in [1.29, 1.82) is 0 Å². The number of aliphatic hydroxyl groups is 1. The van der Waals surface area contributed by atoms with Crippen LogP contribution in [0.2, 0.25) is 6.82 Å². The van der Waals surface area contributed by atoms with Crippen LogP contribution in [0.4, 0.5) is 5.69 Å². The van der Waals surface area contributed by atoms with Gasteiger partial charge in [-0.1, -0.05) is 44.6 Å². The van der Waals surface area contributed by atoms with Crippen LogP contribution >= 0.6 is 0 Å².